The Bertz CT molecular complexity index is 480. The van der Waals surface area contributed by atoms with Crippen molar-refractivity contribution in [3.8, 4) is 0 Å². The molecule has 0 saturated carbocycles. The molecule has 0 aliphatic rings. The van der Waals surface area contributed by atoms with Crippen molar-refractivity contribution in [3.05, 3.63) is 35.5 Å². The number of nitrogens with two attached hydrogens (primary N) is 1. The van der Waals surface area contributed by atoms with Gasteiger partial charge in [-0.3, -0.25) is 0 Å². The molecule has 1 aromatic heterocycles. The van der Waals surface area contributed by atoms with Gasteiger partial charge in [-0.2, -0.15) is 0 Å². The highest BCUT2D eigenvalue weighted by Gasteiger charge is 2.09. The summed E-state index contributed by atoms with van der Waals surface area (Å²) in [4.78, 5) is 0. The average Bonchev–Trinajstić information content (AvgIpc) is 2.56. The molecule has 0 bridgehead atoms. The zero-order chi connectivity index (χ0) is 11.0. The summed E-state index contributed by atoms with van der Waals surface area (Å²) in [5.41, 5.74) is 9.62. The van der Waals surface area contributed by atoms with Crippen LogP contribution in [0.5, 0.6) is 0 Å². The second-order valence-electron chi connectivity index (χ2n) is 4.33. The standard InChI is InChI=1S/C13H18N2/c1-9(2)15-8-10(3)13-11(7-14)5-4-6-12(13)15/h4-6,8-9H,7,14H2,1-3H3. The van der Waals surface area contributed by atoms with Crippen molar-refractivity contribution >= 4 is 10.9 Å². The maximum absolute atomic E-state index is 5.76. The summed E-state index contributed by atoms with van der Waals surface area (Å²) in [5.74, 6) is 0. The van der Waals surface area contributed by atoms with Gasteiger partial charge in [0, 0.05) is 29.7 Å². The molecule has 0 spiro atoms. The van der Waals surface area contributed by atoms with Gasteiger partial charge in [0.25, 0.3) is 0 Å². The van der Waals surface area contributed by atoms with Gasteiger partial charge in [0.15, 0.2) is 0 Å². The lowest BCUT2D eigenvalue weighted by Crippen LogP contribution is -1.99. The topological polar surface area (TPSA) is 30.9 Å². The third kappa shape index (κ3) is 1.55. The van der Waals surface area contributed by atoms with Crippen molar-refractivity contribution in [2.24, 2.45) is 5.73 Å². The Hall–Kier alpha value is -1.28. The molecule has 1 aromatic carbocycles. The second kappa shape index (κ2) is 3.70. The number of aromatic nitrogens is 1. The Morgan fingerprint density at radius 3 is 2.67 bits per heavy atom. The molecule has 2 N–H and O–H groups in total. The van der Waals surface area contributed by atoms with Crippen LogP contribution in [0.1, 0.15) is 31.0 Å². The van der Waals surface area contributed by atoms with Gasteiger partial charge in [-0.25, -0.2) is 0 Å². The SMILES string of the molecule is Cc1cn(C(C)C)c2cccc(CN)c12. The van der Waals surface area contributed by atoms with Crippen LogP contribution in [-0.2, 0) is 6.54 Å². The molecular weight excluding hydrogens is 184 g/mol. The van der Waals surface area contributed by atoms with E-state index in [1.807, 2.05) is 0 Å². The fraction of sp³-hybridized carbons (Fsp3) is 0.385. The van der Waals surface area contributed by atoms with Crippen molar-refractivity contribution in [3.63, 3.8) is 0 Å². The van der Waals surface area contributed by atoms with Crippen molar-refractivity contribution in [2.75, 3.05) is 0 Å². The molecule has 0 fully saturated rings. The van der Waals surface area contributed by atoms with Gasteiger partial charge >= 0.3 is 0 Å². The zero-order valence-electron chi connectivity index (χ0n) is 9.62. The summed E-state index contributed by atoms with van der Waals surface area (Å²) in [6.45, 7) is 7.17. The van der Waals surface area contributed by atoms with Crippen LogP contribution in [0.2, 0.25) is 0 Å². The highest BCUT2D eigenvalue weighted by atomic mass is 15.0. The Morgan fingerprint density at radius 2 is 2.07 bits per heavy atom. The lowest BCUT2D eigenvalue weighted by atomic mass is 10.1. The summed E-state index contributed by atoms with van der Waals surface area (Å²) in [6, 6.07) is 6.86. The van der Waals surface area contributed by atoms with Crippen LogP contribution in [-0.4, -0.2) is 4.57 Å². The highest BCUT2D eigenvalue weighted by molar-refractivity contribution is 5.87. The predicted octanol–water partition coefficient (Wildman–Crippen LogP) is 2.99. The van der Waals surface area contributed by atoms with Crippen LogP contribution in [0.15, 0.2) is 24.4 Å². The number of benzene rings is 1. The maximum atomic E-state index is 5.76. The first-order valence-electron chi connectivity index (χ1n) is 5.44. The average molecular weight is 202 g/mol. The van der Waals surface area contributed by atoms with Crippen molar-refractivity contribution in [1.29, 1.82) is 0 Å². The first-order valence-corrected chi connectivity index (χ1v) is 5.44. The first-order chi connectivity index (χ1) is 7.15. The van der Waals surface area contributed by atoms with E-state index in [9.17, 15) is 0 Å². The molecular formula is C13H18N2. The van der Waals surface area contributed by atoms with Crippen LogP contribution in [0.3, 0.4) is 0 Å². The van der Waals surface area contributed by atoms with E-state index in [-0.39, 0.29) is 0 Å². The maximum Gasteiger partial charge on any atom is 0.0488 e. The van der Waals surface area contributed by atoms with E-state index >= 15 is 0 Å². The fourth-order valence-corrected chi connectivity index (χ4v) is 2.20. The van der Waals surface area contributed by atoms with Crippen molar-refractivity contribution in [2.45, 2.75) is 33.4 Å². The molecule has 0 amide bonds. The lowest BCUT2D eigenvalue weighted by molar-refractivity contribution is 0.622. The smallest absolute Gasteiger partial charge is 0.0488 e. The van der Waals surface area contributed by atoms with E-state index in [2.05, 4.69) is 49.7 Å². The first kappa shape index (κ1) is 10.2. The van der Waals surface area contributed by atoms with E-state index in [0.717, 1.165) is 0 Å². The number of hydrogen-bond acceptors (Lipinski definition) is 1. The van der Waals surface area contributed by atoms with E-state index in [1.54, 1.807) is 0 Å². The van der Waals surface area contributed by atoms with E-state index < -0.39 is 0 Å². The molecule has 0 saturated heterocycles. The zero-order valence-corrected chi connectivity index (χ0v) is 9.62. The van der Waals surface area contributed by atoms with Crippen LogP contribution in [0.4, 0.5) is 0 Å². The number of aryl methyl sites for hydroxylation is 1. The quantitative estimate of drug-likeness (QED) is 0.797. The Labute approximate surface area is 90.7 Å². The monoisotopic (exact) mass is 202 g/mol. The lowest BCUT2D eigenvalue weighted by Gasteiger charge is -2.09. The summed E-state index contributed by atoms with van der Waals surface area (Å²) < 4.78 is 2.31. The molecule has 2 rings (SSSR count). The minimum Gasteiger partial charge on any atom is -0.345 e. The van der Waals surface area contributed by atoms with Crippen LogP contribution >= 0.6 is 0 Å². The van der Waals surface area contributed by atoms with Crippen molar-refractivity contribution < 1.29 is 0 Å². The van der Waals surface area contributed by atoms with Gasteiger partial charge in [-0.1, -0.05) is 12.1 Å². The molecule has 2 aromatic rings. The molecule has 15 heavy (non-hydrogen) atoms. The third-order valence-electron chi connectivity index (χ3n) is 2.91. The molecule has 2 nitrogen and oxygen atoms in total. The molecule has 0 aliphatic heterocycles. The molecule has 0 unspecified atom stereocenters. The summed E-state index contributed by atoms with van der Waals surface area (Å²) in [5, 5.41) is 1.33. The van der Waals surface area contributed by atoms with Gasteiger partial charge in [-0.05, 0) is 38.0 Å². The van der Waals surface area contributed by atoms with E-state index in [0.29, 0.717) is 12.6 Å². The van der Waals surface area contributed by atoms with Gasteiger partial charge in [0.1, 0.15) is 0 Å². The minimum atomic E-state index is 0.495. The molecule has 80 valence electrons. The Balaban J connectivity index is 2.79. The fourth-order valence-electron chi connectivity index (χ4n) is 2.20. The van der Waals surface area contributed by atoms with Crippen molar-refractivity contribution in [1.82, 2.24) is 4.57 Å². The van der Waals surface area contributed by atoms with Crippen LogP contribution < -0.4 is 5.73 Å². The molecule has 0 aliphatic carbocycles. The minimum absolute atomic E-state index is 0.495. The van der Waals surface area contributed by atoms with Gasteiger partial charge in [-0.15, -0.1) is 0 Å². The number of rotatable bonds is 2. The number of hydrogen-bond donors (Lipinski definition) is 1. The Morgan fingerprint density at radius 1 is 1.33 bits per heavy atom. The second-order valence-corrected chi connectivity index (χ2v) is 4.33. The molecule has 1 heterocycles. The summed E-state index contributed by atoms with van der Waals surface area (Å²) >= 11 is 0. The summed E-state index contributed by atoms with van der Waals surface area (Å²) in [6.07, 6.45) is 2.22. The molecule has 0 radical (unpaired) electrons. The largest absolute Gasteiger partial charge is 0.345 e. The van der Waals surface area contributed by atoms with Gasteiger partial charge < -0.3 is 10.3 Å². The number of fused-ring (bicyclic) bond motifs is 1. The third-order valence-corrected chi connectivity index (χ3v) is 2.91. The normalized spacial score (nSPS) is 11.5. The predicted molar refractivity (Wildman–Crippen MR) is 65.0 cm³/mol. The Kier molecular flexibility index (Phi) is 2.53. The highest BCUT2D eigenvalue weighted by Crippen LogP contribution is 2.26. The number of nitrogens with zero attached hydrogens (tertiary/aromatic N) is 1. The molecule has 2 heteroatoms. The summed E-state index contributed by atoms with van der Waals surface area (Å²) in [7, 11) is 0. The van der Waals surface area contributed by atoms with E-state index in [4.69, 9.17) is 5.73 Å². The van der Waals surface area contributed by atoms with Crippen LogP contribution in [0.25, 0.3) is 10.9 Å². The van der Waals surface area contributed by atoms with Crippen LogP contribution in [0, 0.1) is 6.92 Å². The van der Waals surface area contributed by atoms with Gasteiger partial charge in [0.2, 0.25) is 0 Å². The molecule has 0 atom stereocenters. The van der Waals surface area contributed by atoms with E-state index in [1.165, 1.54) is 22.0 Å². The van der Waals surface area contributed by atoms with Gasteiger partial charge in [0.05, 0.1) is 0 Å².